The molecular weight excluding hydrogens is 296 g/mol. The Labute approximate surface area is 143 Å². The first-order valence-corrected chi connectivity index (χ1v) is 8.22. The molecule has 121 valence electrons. The van der Waals surface area contributed by atoms with E-state index in [2.05, 4.69) is 13.0 Å². The summed E-state index contributed by atoms with van der Waals surface area (Å²) < 4.78 is 5.50. The van der Waals surface area contributed by atoms with Crippen LogP contribution in [0.2, 0.25) is 0 Å². The fourth-order valence-electron chi connectivity index (χ4n) is 3.00. The Balaban J connectivity index is 2.33. The molecule has 0 spiro atoms. The quantitative estimate of drug-likeness (QED) is 0.674. The molecule has 0 fully saturated rings. The molecule has 0 amide bonds. The van der Waals surface area contributed by atoms with Gasteiger partial charge in [-0.15, -0.1) is 0 Å². The standard InChI is InChI=1S/C22H21O2/c1-3-10-18-15-19(16-11-6-4-7-12-16)20(21(23)22(18)24-2)17-13-8-5-9-14-17/h4-9,11-14,23H,3,10H2,1-2H3. The third kappa shape index (κ3) is 3.00. The van der Waals surface area contributed by atoms with E-state index >= 15 is 0 Å². The number of phenolic OH excluding ortho intramolecular Hbond substituents is 1. The van der Waals surface area contributed by atoms with Gasteiger partial charge in [-0.25, -0.2) is 0 Å². The minimum absolute atomic E-state index is 0.185. The molecule has 0 aliphatic rings. The molecule has 3 rings (SSSR count). The second-order valence-electron chi connectivity index (χ2n) is 5.72. The van der Waals surface area contributed by atoms with E-state index in [9.17, 15) is 5.11 Å². The highest BCUT2D eigenvalue weighted by atomic mass is 16.5. The Hall–Kier alpha value is -2.74. The highest BCUT2D eigenvalue weighted by molar-refractivity contribution is 5.89. The largest absolute Gasteiger partial charge is 0.504 e. The summed E-state index contributed by atoms with van der Waals surface area (Å²) in [6.45, 7) is 2.11. The molecule has 0 saturated carbocycles. The Kier molecular flexibility index (Phi) is 4.85. The second kappa shape index (κ2) is 7.22. The van der Waals surface area contributed by atoms with Crippen molar-refractivity contribution in [1.82, 2.24) is 0 Å². The van der Waals surface area contributed by atoms with Crippen LogP contribution in [0.15, 0.2) is 60.7 Å². The van der Waals surface area contributed by atoms with Crippen molar-refractivity contribution < 1.29 is 9.84 Å². The van der Waals surface area contributed by atoms with Crippen LogP contribution in [0, 0.1) is 6.07 Å². The molecule has 2 heteroatoms. The van der Waals surface area contributed by atoms with Crippen LogP contribution in [-0.2, 0) is 6.42 Å². The molecule has 1 N–H and O–H groups in total. The van der Waals surface area contributed by atoms with Crippen molar-refractivity contribution >= 4 is 0 Å². The van der Waals surface area contributed by atoms with Crippen molar-refractivity contribution in [3.05, 3.63) is 72.3 Å². The number of aryl methyl sites for hydroxylation is 1. The van der Waals surface area contributed by atoms with E-state index in [1.807, 2.05) is 60.7 Å². The molecule has 0 atom stereocenters. The number of ether oxygens (including phenoxy) is 1. The lowest BCUT2D eigenvalue weighted by atomic mass is 9.90. The van der Waals surface area contributed by atoms with Crippen molar-refractivity contribution in [1.29, 1.82) is 0 Å². The molecule has 0 heterocycles. The Morgan fingerprint density at radius 3 is 2.04 bits per heavy atom. The number of hydrogen-bond acceptors (Lipinski definition) is 2. The van der Waals surface area contributed by atoms with Crippen LogP contribution in [0.5, 0.6) is 11.5 Å². The maximum atomic E-state index is 10.9. The van der Waals surface area contributed by atoms with E-state index in [0.29, 0.717) is 5.75 Å². The summed E-state index contributed by atoms with van der Waals surface area (Å²) in [6.07, 6.45) is 1.77. The van der Waals surface area contributed by atoms with E-state index in [4.69, 9.17) is 4.74 Å². The average molecular weight is 317 g/mol. The Morgan fingerprint density at radius 2 is 1.50 bits per heavy atom. The summed E-state index contributed by atoms with van der Waals surface area (Å²) in [5.74, 6) is 0.708. The van der Waals surface area contributed by atoms with Crippen molar-refractivity contribution in [2.45, 2.75) is 19.8 Å². The highest BCUT2D eigenvalue weighted by Crippen LogP contribution is 2.46. The number of hydrogen-bond donors (Lipinski definition) is 1. The van der Waals surface area contributed by atoms with Crippen LogP contribution in [0.25, 0.3) is 22.3 Å². The first kappa shape index (κ1) is 16.1. The van der Waals surface area contributed by atoms with Gasteiger partial charge in [0, 0.05) is 16.7 Å². The average Bonchev–Trinajstić information content (AvgIpc) is 2.63. The molecule has 0 aliphatic heterocycles. The van der Waals surface area contributed by atoms with Crippen LogP contribution in [0.1, 0.15) is 18.9 Å². The number of aromatic hydroxyl groups is 1. The van der Waals surface area contributed by atoms with Gasteiger partial charge in [0.05, 0.1) is 7.11 Å². The topological polar surface area (TPSA) is 29.5 Å². The van der Waals surface area contributed by atoms with Gasteiger partial charge in [0.1, 0.15) is 0 Å². The van der Waals surface area contributed by atoms with Crippen LogP contribution in [0.3, 0.4) is 0 Å². The summed E-state index contributed by atoms with van der Waals surface area (Å²) >= 11 is 0. The predicted molar refractivity (Wildman–Crippen MR) is 98.4 cm³/mol. The smallest absolute Gasteiger partial charge is 0.166 e. The fourth-order valence-corrected chi connectivity index (χ4v) is 3.00. The predicted octanol–water partition coefficient (Wildman–Crippen LogP) is 5.49. The molecular formula is C22H21O2. The minimum Gasteiger partial charge on any atom is -0.504 e. The number of rotatable bonds is 5. The molecule has 3 aromatic carbocycles. The summed E-state index contributed by atoms with van der Waals surface area (Å²) in [6, 6.07) is 23.5. The van der Waals surface area contributed by atoms with Gasteiger partial charge in [0.25, 0.3) is 0 Å². The molecule has 2 nitrogen and oxygen atoms in total. The van der Waals surface area contributed by atoms with Crippen molar-refractivity contribution in [2.24, 2.45) is 0 Å². The zero-order valence-corrected chi connectivity index (χ0v) is 14.0. The second-order valence-corrected chi connectivity index (χ2v) is 5.72. The van der Waals surface area contributed by atoms with E-state index in [1.54, 1.807) is 7.11 Å². The van der Waals surface area contributed by atoms with E-state index < -0.39 is 0 Å². The molecule has 0 aromatic heterocycles. The maximum Gasteiger partial charge on any atom is 0.166 e. The highest BCUT2D eigenvalue weighted by Gasteiger charge is 2.20. The van der Waals surface area contributed by atoms with Gasteiger partial charge in [-0.05, 0) is 23.6 Å². The fraction of sp³-hybridized carbons (Fsp3) is 0.182. The molecule has 0 saturated heterocycles. The molecule has 1 radical (unpaired) electrons. The molecule has 24 heavy (non-hydrogen) atoms. The van der Waals surface area contributed by atoms with Crippen molar-refractivity contribution in [3.8, 4) is 33.8 Å². The lowest BCUT2D eigenvalue weighted by molar-refractivity contribution is 0.370. The number of methoxy groups -OCH3 is 1. The zero-order valence-electron chi connectivity index (χ0n) is 14.0. The Morgan fingerprint density at radius 1 is 0.917 bits per heavy atom. The third-order valence-electron chi connectivity index (χ3n) is 4.08. The normalized spacial score (nSPS) is 10.6. The first-order chi connectivity index (χ1) is 11.8. The monoisotopic (exact) mass is 317 g/mol. The lowest BCUT2D eigenvalue weighted by Gasteiger charge is -2.18. The van der Waals surface area contributed by atoms with Gasteiger partial charge < -0.3 is 9.84 Å². The van der Waals surface area contributed by atoms with Gasteiger partial charge >= 0.3 is 0 Å². The first-order valence-electron chi connectivity index (χ1n) is 8.22. The van der Waals surface area contributed by atoms with Gasteiger partial charge in [0.2, 0.25) is 0 Å². The van der Waals surface area contributed by atoms with E-state index in [1.165, 1.54) is 0 Å². The summed E-state index contributed by atoms with van der Waals surface area (Å²) in [4.78, 5) is 0. The molecule has 3 aromatic rings. The van der Waals surface area contributed by atoms with Gasteiger partial charge in [-0.3, -0.25) is 0 Å². The van der Waals surface area contributed by atoms with Gasteiger partial charge in [-0.1, -0.05) is 74.0 Å². The number of phenols is 1. The minimum atomic E-state index is 0.185. The zero-order chi connectivity index (χ0) is 16.9. The van der Waals surface area contributed by atoms with Gasteiger partial charge in [0.15, 0.2) is 11.5 Å². The van der Waals surface area contributed by atoms with Crippen LogP contribution in [-0.4, -0.2) is 12.2 Å². The van der Waals surface area contributed by atoms with Crippen LogP contribution in [0.4, 0.5) is 0 Å². The Bertz CT molecular complexity index is 808. The van der Waals surface area contributed by atoms with Crippen molar-refractivity contribution in [2.75, 3.05) is 7.11 Å². The SMILES string of the molecule is CCCc1[c]c(-c2ccccc2)c(-c2ccccc2)c(O)c1OC. The molecule has 0 aliphatic carbocycles. The lowest BCUT2D eigenvalue weighted by Crippen LogP contribution is -1.97. The van der Waals surface area contributed by atoms with E-state index in [-0.39, 0.29) is 5.75 Å². The van der Waals surface area contributed by atoms with E-state index in [0.717, 1.165) is 40.7 Å². The third-order valence-corrected chi connectivity index (χ3v) is 4.08. The summed E-state index contributed by atoms with van der Waals surface area (Å²) in [5.41, 5.74) is 4.57. The van der Waals surface area contributed by atoms with Crippen molar-refractivity contribution in [3.63, 3.8) is 0 Å². The number of benzene rings is 3. The summed E-state index contributed by atoms with van der Waals surface area (Å²) in [7, 11) is 1.60. The maximum absolute atomic E-state index is 10.9. The van der Waals surface area contributed by atoms with Gasteiger partial charge in [-0.2, -0.15) is 0 Å². The molecule has 0 bridgehead atoms. The van der Waals surface area contributed by atoms with Crippen LogP contribution < -0.4 is 4.74 Å². The summed E-state index contributed by atoms with van der Waals surface area (Å²) in [5, 5.41) is 10.9. The van der Waals surface area contributed by atoms with Crippen LogP contribution >= 0.6 is 0 Å². The molecule has 0 unspecified atom stereocenters.